The Labute approximate surface area is 303 Å². The second-order valence-corrected chi connectivity index (χ2v) is 16.0. The lowest BCUT2D eigenvalue weighted by Crippen LogP contribution is -2.57. The Kier molecular flexibility index (Phi) is 9.15. The molecular weight excluding hydrogens is 668 g/mol. The highest BCUT2D eigenvalue weighted by Crippen LogP contribution is 2.50. The summed E-state index contributed by atoms with van der Waals surface area (Å²) in [4.78, 5) is 18.8. The minimum atomic E-state index is -0.992. The van der Waals surface area contributed by atoms with E-state index in [0.29, 0.717) is 49.3 Å². The van der Waals surface area contributed by atoms with Crippen molar-refractivity contribution in [1.82, 2.24) is 19.9 Å². The summed E-state index contributed by atoms with van der Waals surface area (Å²) in [5, 5.41) is 22.5. The molecule has 10 nitrogen and oxygen atoms in total. The number of β-amino-alcohol motifs (C(OH)–C–C–N with tert-alkyl or cyclic N) is 1. The highest BCUT2D eigenvalue weighted by atomic mass is 19.1. The molecule has 52 heavy (non-hydrogen) atoms. The van der Waals surface area contributed by atoms with E-state index in [-0.39, 0.29) is 69.4 Å². The van der Waals surface area contributed by atoms with Gasteiger partial charge in [0, 0.05) is 41.5 Å². The number of benzene rings is 2. The summed E-state index contributed by atoms with van der Waals surface area (Å²) < 4.78 is 51.0. The van der Waals surface area contributed by atoms with Gasteiger partial charge in [-0.3, -0.25) is 4.90 Å². The summed E-state index contributed by atoms with van der Waals surface area (Å²) in [5.41, 5.74) is -1.31. The lowest BCUT2D eigenvalue weighted by Gasteiger charge is -2.51. The molecule has 0 bridgehead atoms. The van der Waals surface area contributed by atoms with E-state index in [4.69, 9.17) is 24.2 Å². The first-order valence-electron chi connectivity index (χ1n) is 18.8. The van der Waals surface area contributed by atoms with Crippen molar-refractivity contribution in [2.75, 3.05) is 38.3 Å². The van der Waals surface area contributed by atoms with Gasteiger partial charge in [0.1, 0.15) is 34.0 Å². The molecule has 4 aromatic rings. The number of likely N-dealkylation sites (tertiary alicyclic amines) is 1. The number of hydrogen-bond acceptors (Lipinski definition) is 10. The van der Waals surface area contributed by atoms with Crippen LogP contribution >= 0.6 is 0 Å². The van der Waals surface area contributed by atoms with E-state index < -0.39 is 17.2 Å². The quantitative estimate of drug-likeness (QED) is 0.204. The molecule has 8 rings (SSSR count). The van der Waals surface area contributed by atoms with Crippen molar-refractivity contribution in [3.05, 3.63) is 42.0 Å². The van der Waals surface area contributed by atoms with Crippen molar-refractivity contribution >= 4 is 27.5 Å². The number of methoxy groups -OCH3 is 1. The monoisotopic (exact) mass is 717 g/mol. The van der Waals surface area contributed by atoms with Crippen LogP contribution in [0.25, 0.3) is 32.9 Å². The molecule has 6 atom stereocenters. The van der Waals surface area contributed by atoms with Crippen LogP contribution in [0.4, 0.5) is 14.6 Å². The van der Waals surface area contributed by atoms with Gasteiger partial charge in [-0.25, -0.2) is 13.8 Å². The number of fused-ring (bicyclic) bond motifs is 3. The van der Waals surface area contributed by atoms with Crippen molar-refractivity contribution in [2.24, 2.45) is 5.41 Å². The lowest BCUT2D eigenvalue weighted by molar-refractivity contribution is -0.0967. The lowest BCUT2D eigenvalue weighted by atomic mass is 9.74. The van der Waals surface area contributed by atoms with Gasteiger partial charge in [0.15, 0.2) is 5.82 Å². The molecule has 2 N–H and O–H groups in total. The summed E-state index contributed by atoms with van der Waals surface area (Å²) in [7, 11) is 1.43. The average molecular weight is 718 g/mol. The largest absolute Gasteiger partial charge is 0.508 e. The fraction of sp³-hybridized carbons (Fsp3) is 0.575. The third-order valence-electron chi connectivity index (χ3n) is 12.0. The molecule has 278 valence electrons. The molecule has 4 aliphatic rings. The highest BCUT2D eigenvalue weighted by molar-refractivity contribution is 6.02. The number of phenols is 1. The first kappa shape index (κ1) is 35.2. The highest BCUT2D eigenvalue weighted by Gasteiger charge is 2.51. The molecular formula is C40H49F2N5O5. The van der Waals surface area contributed by atoms with Crippen LogP contribution in [-0.4, -0.2) is 93.3 Å². The minimum absolute atomic E-state index is 0.0308. The van der Waals surface area contributed by atoms with Crippen molar-refractivity contribution in [3.8, 4) is 28.9 Å². The molecule has 2 aromatic heterocycles. The first-order valence-corrected chi connectivity index (χ1v) is 18.8. The van der Waals surface area contributed by atoms with Crippen molar-refractivity contribution in [1.29, 1.82) is 0 Å². The molecule has 4 fully saturated rings. The Morgan fingerprint density at radius 2 is 1.75 bits per heavy atom. The van der Waals surface area contributed by atoms with E-state index in [9.17, 15) is 10.2 Å². The zero-order valence-corrected chi connectivity index (χ0v) is 30.5. The van der Waals surface area contributed by atoms with Crippen LogP contribution in [0.15, 0.2) is 30.3 Å². The SMILES string of the molecule is COc1nc(-c2cc(O)cc3cccc(F)c23)c(F)c2nc(OC[C@]34CCC[C@H]3N(C3C[C@@H](C)O[C@@H](C)C3)CCC4)nc(N3CCC[C@@](C)(O)C3)c12. The van der Waals surface area contributed by atoms with Crippen LogP contribution in [-0.2, 0) is 4.74 Å². The van der Waals surface area contributed by atoms with E-state index in [1.165, 1.54) is 31.4 Å². The number of aromatic hydroxyl groups is 1. The molecule has 3 aliphatic heterocycles. The van der Waals surface area contributed by atoms with Gasteiger partial charge in [-0.05, 0) is 102 Å². The minimum Gasteiger partial charge on any atom is -0.508 e. The van der Waals surface area contributed by atoms with E-state index in [1.54, 1.807) is 13.0 Å². The van der Waals surface area contributed by atoms with Crippen molar-refractivity contribution < 1.29 is 33.2 Å². The summed E-state index contributed by atoms with van der Waals surface area (Å²) in [5.74, 6) is -1.15. The van der Waals surface area contributed by atoms with Gasteiger partial charge < -0.3 is 29.3 Å². The Hall–Kier alpha value is -3.87. The summed E-state index contributed by atoms with van der Waals surface area (Å²) in [6, 6.07) is 8.06. The number of halogens is 2. The maximum atomic E-state index is 17.1. The van der Waals surface area contributed by atoms with Crippen molar-refractivity contribution in [2.45, 2.75) is 108 Å². The predicted molar refractivity (Wildman–Crippen MR) is 195 cm³/mol. The van der Waals surface area contributed by atoms with Gasteiger partial charge in [-0.15, -0.1) is 0 Å². The number of hydrogen-bond donors (Lipinski definition) is 2. The van der Waals surface area contributed by atoms with Gasteiger partial charge in [-0.2, -0.15) is 9.97 Å². The first-order chi connectivity index (χ1) is 24.9. The van der Waals surface area contributed by atoms with E-state index in [0.717, 1.165) is 51.5 Å². The van der Waals surface area contributed by atoms with Crippen LogP contribution in [0.5, 0.6) is 17.6 Å². The number of nitrogens with zero attached hydrogens (tertiary/aromatic N) is 5. The van der Waals surface area contributed by atoms with Crippen LogP contribution < -0.4 is 14.4 Å². The average Bonchev–Trinajstić information content (AvgIpc) is 3.54. The summed E-state index contributed by atoms with van der Waals surface area (Å²) in [6.07, 6.45) is 9.15. The number of anilines is 1. The molecule has 0 radical (unpaired) electrons. The van der Waals surface area contributed by atoms with Crippen LogP contribution in [0.1, 0.15) is 78.6 Å². The third kappa shape index (κ3) is 6.30. The van der Waals surface area contributed by atoms with Crippen LogP contribution in [0, 0.1) is 17.0 Å². The van der Waals surface area contributed by atoms with Gasteiger partial charge in [-0.1, -0.05) is 18.6 Å². The molecule has 2 aromatic carbocycles. The molecule has 3 saturated heterocycles. The Bertz CT molecular complexity index is 1990. The zero-order valence-electron chi connectivity index (χ0n) is 30.5. The number of phenolic OH excluding ortho intramolecular Hbond substituents is 1. The second kappa shape index (κ2) is 13.5. The van der Waals surface area contributed by atoms with E-state index in [1.807, 2.05) is 4.90 Å². The normalized spacial score (nSPS) is 29.8. The molecule has 5 heterocycles. The third-order valence-corrected chi connectivity index (χ3v) is 12.0. The second-order valence-electron chi connectivity index (χ2n) is 16.0. The molecule has 12 heteroatoms. The smallest absolute Gasteiger partial charge is 0.319 e. The Morgan fingerprint density at radius 1 is 0.981 bits per heavy atom. The van der Waals surface area contributed by atoms with Crippen molar-refractivity contribution in [3.63, 3.8) is 0 Å². The number of piperidine rings is 2. The zero-order chi connectivity index (χ0) is 36.4. The van der Waals surface area contributed by atoms with E-state index in [2.05, 4.69) is 23.7 Å². The number of aromatic nitrogens is 3. The van der Waals surface area contributed by atoms with Gasteiger partial charge >= 0.3 is 6.01 Å². The standard InChI is InChI=1S/C40H49F2N5O5/c1-23-17-26(18-24(2)52-23)47-16-8-14-40(13-6-11-30(40)47)22-51-38-44-35-32(36(45-38)46-15-7-12-39(3,49)21-46)37(50-4)43-34(33(35)42)28-20-27(48)19-25-9-5-10-29(41)31(25)28/h5,9-10,19-20,23-24,26,30,48-49H,6-8,11-18,21-22H2,1-4H3/t23-,24+,26?,30-,39-,40-/m1/s1. The summed E-state index contributed by atoms with van der Waals surface area (Å²) in [6.45, 7) is 8.40. The molecule has 1 aliphatic carbocycles. The number of pyridine rings is 1. The predicted octanol–water partition coefficient (Wildman–Crippen LogP) is 7.16. The van der Waals surface area contributed by atoms with Gasteiger partial charge in [0.2, 0.25) is 5.88 Å². The Morgan fingerprint density at radius 3 is 2.52 bits per heavy atom. The maximum Gasteiger partial charge on any atom is 0.319 e. The Balaban J connectivity index is 1.22. The number of aliphatic hydroxyl groups is 1. The molecule has 0 spiro atoms. The topological polar surface area (TPSA) is 113 Å². The fourth-order valence-electron chi connectivity index (χ4n) is 9.90. The fourth-order valence-corrected chi connectivity index (χ4v) is 9.90. The van der Waals surface area contributed by atoms with Crippen LogP contribution in [0.3, 0.4) is 0 Å². The van der Waals surface area contributed by atoms with Gasteiger partial charge in [0.05, 0.1) is 31.5 Å². The maximum absolute atomic E-state index is 17.1. The molecule has 0 amide bonds. The summed E-state index contributed by atoms with van der Waals surface area (Å²) >= 11 is 0. The molecule has 1 saturated carbocycles. The number of ether oxygens (including phenoxy) is 3. The van der Waals surface area contributed by atoms with Gasteiger partial charge in [0.25, 0.3) is 0 Å². The van der Waals surface area contributed by atoms with E-state index >= 15 is 8.78 Å². The van der Waals surface area contributed by atoms with Crippen LogP contribution in [0.2, 0.25) is 0 Å². The number of rotatable bonds is 7. The molecule has 1 unspecified atom stereocenters.